The first-order chi connectivity index (χ1) is 8.70. The lowest BCUT2D eigenvalue weighted by atomic mass is 10.00. The summed E-state index contributed by atoms with van der Waals surface area (Å²) in [4.78, 5) is 12.2. The molecule has 2 aromatic carbocycles. The molecule has 2 rings (SSSR count). The second-order valence-corrected chi connectivity index (χ2v) is 4.29. The highest BCUT2D eigenvalue weighted by atomic mass is 19.1. The summed E-state index contributed by atoms with van der Waals surface area (Å²) < 4.78 is 12.8. The van der Waals surface area contributed by atoms with Crippen molar-refractivity contribution in [2.75, 3.05) is 0 Å². The maximum atomic E-state index is 12.8. The van der Waals surface area contributed by atoms with Crippen LogP contribution in [0.5, 0.6) is 0 Å². The number of halogens is 1. The maximum absolute atomic E-state index is 12.8. The van der Waals surface area contributed by atoms with Crippen molar-refractivity contribution in [3.05, 3.63) is 71.0 Å². The lowest BCUT2D eigenvalue weighted by molar-refractivity contribution is 0.103. The van der Waals surface area contributed by atoms with E-state index in [2.05, 4.69) is 6.92 Å². The molecule has 0 heterocycles. The lowest BCUT2D eigenvalue weighted by Gasteiger charge is -2.04. The molecule has 0 spiro atoms. The Morgan fingerprint density at radius 3 is 2.44 bits per heavy atom. The topological polar surface area (TPSA) is 17.1 Å². The number of carbonyl (C=O) groups excluding carboxylic acids is 1. The van der Waals surface area contributed by atoms with Crippen LogP contribution in [0.2, 0.25) is 0 Å². The molecule has 0 atom stereocenters. The quantitative estimate of drug-likeness (QED) is 0.740. The molecule has 0 aliphatic heterocycles. The third kappa shape index (κ3) is 2.83. The van der Waals surface area contributed by atoms with Gasteiger partial charge in [-0.15, -0.1) is 0 Å². The number of benzene rings is 2. The SMILES string of the molecule is CCCc1cccc(C(=O)c2ccc(F)cc2)c1. The van der Waals surface area contributed by atoms with Gasteiger partial charge in [0.05, 0.1) is 0 Å². The van der Waals surface area contributed by atoms with Crippen molar-refractivity contribution in [3.8, 4) is 0 Å². The zero-order valence-corrected chi connectivity index (χ0v) is 10.3. The second-order valence-electron chi connectivity index (χ2n) is 4.29. The average Bonchev–Trinajstić information content (AvgIpc) is 2.39. The number of rotatable bonds is 4. The molecule has 0 saturated carbocycles. The van der Waals surface area contributed by atoms with Crippen LogP contribution in [0.3, 0.4) is 0 Å². The molecule has 0 aromatic heterocycles. The first kappa shape index (κ1) is 12.5. The third-order valence-corrected chi connectivity index (χ3v) is 2.83. The van der Waals surface area contributed by atoms with Gasteiger partial charge in [0.15, 0.2) is 5.78 Å². The highest BCUT2D eigenvalue weighted by Gasteiger charge is 2.09. The fourth-order valence-electron chi connectivity index (χ4n) is 1.92. The maximum Gasteiger partial charge on any atom is 0.193 e. The minimum atomic E-state index is -0.328. The van der Waals surface area contributed by atoms with Gasteiger partial charge in [0.25, 0.3) is 0 Å². The molecule has 0 unspecified atom stereocenters. The molecule has 0 amide bonds. The van der Waals surface area contributed by atoms with E-state index < -0.39 is 0 Å². The monoisotopic (exact) mass is 242 g/mol. The molecule has 18 heavy (non-hydrogen) atoms. The van der Waals surface area contributed by atoms with Crippen molar-refractivity contribution >= 4 is 5.78 Å². The predicted octanol–water partition coefficient (Wildman–Crippen LogP) is 4.01. The van der Waals surface area contributed by atoms with Gasteiger partial charge in [-0.05, 0) is 42.3 Å². The van der Waals surface area contributed by atoms with Gasteiger partial charge in [-0.3, -0.25) is 4.79 Å². The summed E-state index contributed by atoms with van der Waals surface area (Å²) in [5, 5.41) is 0. The van der Waals surface area contributed by atoms with Crippen LogP contribution in [0, 0.1) is 5.82 Å². The van der Waals surface area contributed by atoms with Crippen LogP contribution in [0.15, 0.2) is 48.5 Å². The van der Waals surface area contributed by atoms with E-state index in [4.69, 9.17) is 0 Å². The summed E-state index contributed by atoms with van der Waals surface area (Å²) in [7, 11) is 0. The molecule has 0 bridgehead atoms. The number of carbonyl (C=O) groups is 1. The highest BCUT2D eigenvalue weighted by molar-refractivity contribution is 6.09. The van der Waals surface area contributed by atoms with Crippen LogP contribution >= 0.6 is 0 Å². The zero-order valence-electron chi connectivity index (χ0n) is 10.3. The van der Waals surface area contributed by atoms with Crippen LogP contribution in [-0.2, 0) is 6.42 Å². The van der Waals surface area contributed by atoms with Crippen LogP contribution < -0.4 is 0 Å². The standard InChI is InChI=1S/C16H15FO/c1-2-4-12-5-3-6-14(11-12)16(18)13-7-9-15(17)10-8-13/h3,5-11H,2,4H2,1H3. The second kappa shape index (κ2) is 5.58. The van der Waals surface area contributed by atoms with Gasteiger partial charge >= 0.3 is 0 Å². The van der Waals surface area contributed by atoms with Gasteiger partial charge in [-0.2, -0.15) is 0 Å². The van der Waals surface area contributed by atoms with E-state index in [1.165, 1.54) is 24.3 Å². The predicted molar refractivity (Wildman–Crippen MR) is 70.3 cm³/mol. The summed E-state index contributed by atoms with van der Waals surface area (Å²) in [6.07, 6.45) is 2.01. The van der Waals surface area contributed by atoms with E-state index in [1.54, 1.807) is 6.07 Å². The Bertz CT molecular complexity index is 543. The van der Waals surface area contributed by atoms with E-state index in [0.29, 0.717) is 11.1 Å². The minimum absolute atomic E-state index is 0.0621. The van der Waals surface area contributed by atoms with E-state index in [9.17, 15) is 9.18 Å². The van der Waals surface area contributed by atoms with Crippen LogP contribution in [0.25, 0.3) is 0 Å². The van der Waals surface area contributed by atoms with E-state index in [0.717, 1.165) is 18.4 Å². The number of ketones is 1. The molecule has 0 aliphatic rings. The van der Waals surface area contributed by atoms with E-state index in [1.807, 2.05) is 18.2 Å². The Morgan fingerprint density at radius 2 is 1.78 bits per heavy atom. The fourth-order valence-corrected chi connectivity index (χ4v) is 1.92. The van der Waals surface area contributed by atoms with Gasteiger partial charge in [0.2, 0.25) is 0 Å². The molecule has 1 nitrogen and oxygen atoms in total. The summed E-state index contributed by atoms with van der Waals surface area (Å²) in [5.74, 6) is -0.390. The first-order valence-corrected chi connectivity index (χ1v) is 6.10. The van der Waals surface area contributed by atoms with Crippen LogP contribution in [0.1, 0.15) is 34.8 Å². The van der Waals surface area contributed by atoms with Gasteiger partial charge in [0.1, 0.15) is 5.82 Å². The number of aryl methyl sites for hydroxylation is 1. The molecule has 0 radical (unpaired) electrons. The molecule has 92 valence electrons. The Morgan fingerprint density at radius 1 is 1.06 bits per heavy atom. The van der Waals surface area contributed by atoms with Crippen LogP contribution in [0.4, 0.5) is 4.39 Å². The summed E-state index contributed by atoms with van der Waals surface area (Å²) in [6.45, 7) is 2.11. The summed E-state index contributed by atoms with van der Waals surface area (Å²) in [6, 6.07) is 13.3. The first-order valence-electron chi connectivity index (χ1n) is 6.10. The van der Waals surface area contributed by atoms with Gasteiger partial charge in [-0.25, -0.2) is 4.39 Å². The molecule has 0 aliphatic carbocycles. The van der Waals surface area contributed by atoms with Gasteiger partial charge in [0, 0.05) is 11.1 Å². The number of hydrogen-bond donors (Lipinski definition) is 0. The van der Waals surface area contributed by atoms with Crippen molar-refractivity contribution in [1.82, 2.24) is 0 Å². The van der Waals surface area contributed by atoms with Crippen molar-refractivity contribution < 1.29 is 9.18 Å². The Hall–Kier alpha value is -1.96. The minimum Gasteiger partial charge on any atom is -0.289 e. The lowest BCUT2D eigenvalue weighted by Crippen LogP contribution is -2.02. The molecule has 0 fully saturated rings. The van der Waals surface area contributed by atoms with Crippen molar-refractivity contribution in [2.45, 2.75) is 19.8 Å². The van der Waals surface area contributed by atoms with Gasteiger partial charge in [-0.1, -0.05) is 31.5 Å². The fraction of sp³-hybridized carbons (Fsp3) is 0.188. The van der Waals surface area contributed by atoms with Crippen molar-refractivity contribution in [1.29, 1.82) is 0 Å². The van der Waals surface area contributed by atoms with E-state index >= 15 is 0 Å². The third-order valence-electron chi connectivity index (χ3n) is 2.83. The Balaban J connectivity index is 2.28. The molecular weight excluding hydrogens is 227 g/mol. The largest absolute Gasteiger partial charge is 0.289 e. The normalized spacial score (nSPS) is 10.3. The molecular formula is C16H15FO. The van der Waals surface area contributed by atoms with Crippen LogP contribution in [-0.4, -0.2) is 5.78 Å². The summed E-state index contributed by atoms with van der Waals surface area (Å²) >= 11 is 0. The van der Waals surface area contributed by atoms with Crippen molar-refractivity contribution in [3.63, 3.8) is 0 Å². The van der Waals surface area contributed by atoms with Crippen molar-refractivity contribution in [2.24, 2.45) is 0 Å². The average molecular weight is 242 g/mol. The number of hydrogen-bond acceptors (Lipinski definition) is 1. The molecule has 0 saturated heterocycles. The molecule has 2 aromatic rings. The highest BCUT2D eigenvalue weighted by Crippen LogP contribution is 2.13. The van der Waals surface area contributed by atoms with Gasteiger partial charge < -0.3 is 0 Å². The molecule has 0 N–H and O–H groups in total. The smallest absolute Gasteiger partial charge is 0.193 e. The van der Waals surface area contributed by atoms with E-state index in [-0.39, 0.29) is 11.6 Å². The Kier molecular flexibility index (Phi) is 3.88. The molecule has 2 heteroatoms. The summed E-state index contributed by atoms with van der Waals surface area (Å²) in [5.41, 5.74) is 2.34. The Labute approximate surface area is 106 Å². The zero-order chi connectivity index (χ0) is 13.0.